The molecule has 0 spiro atoms. The predicted octanol–water partition coefficient (Wildman–Crippen LogP) is 2.45. The number of anilines is 1. The summed E-state index contributed by atoms with van der Waals surface area (Å²) >= 11 is 0. The lowest BCUT2D eigenvalue weighted by atomic mass is 10.0. The van der Waals surface area contributed by atoms with Gasteiger partial charge in [-0.05, 0) is 42.3 Å². The van der Waals surface area contributed by atoms with Crippen molar-refractivity contribution in [2.75, 3.05) is 18.6 Å². The van der Waals surface area contributed by atoms with Crippen molar-refractivity contribution in [2.24, 2.45) is 16.6 Å². The number of hydrogen-bond acceptors (Lipinski definition) is 6. The van der Waals surface area contributed by atoms with Crippen molar-refractivity contribution in [3.63, 3.8) is 0 Å². The Morgan fingerprint density at radius 3 is 2.69 bits per heavy atom. The Balaban J connectivity index is 1.97. The molecule has 2 amide bonds. The van der Waals surface area contributed by atoms with Gasteiger partial charge in [0.05, 0.1) is 12.8 Å². The fourth-order valence-electron chi connectivity index (χ4n) is 3.34. The number of aliphatic imine (C=N–C) groups is 1. The third kappa shape index (κ3) is 3.65. The molecule has 152 valence electrons. The van der Waals surface area contributed by atoms with Gasteiger partial charge in [0.2, 0.25) is 0 Å². The number of carbonyl (C=O) groups is 2. The molecule has 0 bridgehead atoms. The molecule has 2 aliphatic heterocycles. The highest BCUT2D eigenvalue weighted by atomic mass is 16.5. The number of carbonyl (C=O) groups excluding carboxylic acids is 2. The summed E-state index contributed by atoms with van der Waals surface area (Å²) in [6.07, 6.45) is 6.21. The van der Waals surface area contributed by atoms with Crippen LogP contribution in [0.3, 0.4) is 0 Å². The summed E-state index contributed by atoms with van der Waals surface area (Å²) in [6, 6.07) is 3.48. The number of hydrogen-bond donors (Lipinski definition) is 2. The largest absolute Gasteiger partial charge is 0.495 e. The van der Waals surface area contributed by atoms with Gasteiger partial charge in [0.25, 0.3) is 11.8 Å². The van der Waals surface area contributed by atoms with E-state index in [2.05, 4.69) is 18.8 Å². The zero-order chi connectivity index (χ0) is 21.1. The molecule has 3 rings (SSSR count). The van der Waals surface area contributed by atoms with Gasteiger partial charge >= 0.3 is 0 Å². The van der Waals surface area contributed by atoms with Crippen LogP contribution < -0.4 is 15.4 Å². The lowest BCUT2D eigenvalue weighted by Gasteiger charge is -2.33. The van der Waals surface area contributed by atoms with Crippen LogP contribution in [0.5, 0.6) is 5.75 Å². The number of fused-ring (bicyclic) bond motifs is 1. The van der Waals surface area contributed by atoms with E-state index in [0.29, 0.717) is 41.8 Å². The van der Waals surface area contributed by atoms with Gasteiger partial charge in [-0.25, -0.2) is 4.99 Å². The highest BCUT2D eigenvalue weighted by Gasteiger charge is 2.39. The molecule has 3 N–H and O–H groups in total. The van der Waals surface area contributed by atoms with Crippen LogP contribution in [0.1, 0.15) is 36.2 Å². The maximum atomic E-state index is 12.8. The van der Waals surface area contributed by atoms with Crippen LogP contribution in [0, 0.1) is 11.3 Å². The molecule has 8 heteroatoms. The van der Waals surface area contributed by atoms with Gasteiger partial charge in [0.1, 0.15) is 11.3 Å². The minimum absolute atomic E-state index is 0.0255. The molecule has 0 saturated heterocycles. The van der Waals surface area contributed by atoms with Gasteiger partial charge in [-0.15, -0.1) is 0 Å². The molecule has 2 heterocycles. The first-order chi connectivity index (χ1) is 13.9. The summed E-state index contributed by atoms with van der Waals surface area (Å²) in [6.45, 7) is 5.43. The molecule has 0 radical (unpaired) electrons. The van der Waals surface area contributed by atoms with Gasteiger partial charge in [-0.2, -0.15) is 0 Å². The van der Waals surface area contributed by atoms with Crippen molar-refractivity contribution in [3.8, 4) is 5.75 Å². The average molecular weight is 395 g/mol. The van der Waals surface area contributed by atoms with Crippen molar-refractivity contribution >= 4 is 29.9 Å². The molecule has 0 atom stereocenters. The van der Waals surface area contributed by atoms with Crippen LogP contribution in [-0.4, -0.2) is 42.8 Å². The maximum Gasteiger partial charge on any atom is 0.269 e. The molecule has 1 aromatic carbocycles. The first kappa shape index (κ1) is 20.3. The van der Waals surface area contributed by atoms with E-state index in [9.17, 15) is 9.59 Å². The highest BCUT2D eigenvalue weighted by Crippen LogP contribution is 2.41. The average Bonchev–Trinajstić information content (AvgIpc) is 3.00. The zero-order valence-corrected chi connectivity index (χ0v) is 16.8. The van der Waals surface area contributed by atoms with Crippen LogP contribution in [0.15, 0.2) is 40.8 Å². The van der Waals surface area contributed by atoms with Crippen LogP contribution in [-0.2, 0) is 11.3 Å². The second-order valence-corrected chi connectivity index (χ2v) is 7.28. The molecule has 0 saturated carbocycles. The molecule has 0 aromatic heterocycles. The highest BCUT2D eigenvalue weighted by molar-refractivity contribution is 6.27. The lowest BCUT2D eigenvalue weighted by Crippen LogP contribution is -2.42. The molecule has 29 heavy (non-hydrogen) atoms. The van der Waals surface area contributed by atoms with Crippen LogP contribution in [0.2, 0.25) is 0 Å². The van der Waals surface area contributed by atoms with Gasteiger partial charge in [-0.3, -0.25) is 14.5 Å². The predicted molar refractivity (Wildman–Crippen MR) is 112 cm³/mol. The first-order valence-electron chi connectivity index (χ1n) is 9.43. The summed E-state index contributed by atoms with van der Waals surface area (Å²) in [5.41, 5.74) is 7.46. The fourth-order valence-corrected chi connectivity index (χ4v) is 3.34. The van der Waals surface area contributed by atoms with E-state index >= 15 is 0 Å². The molecule has 8 nitrogen and oxygen atoms in total. The van der Waals surface area contributed by atoms with Crippen molar-refractivity contribution in [3.05, 3.63) is 46.9 Å². The molecule has 1 aromatic rings. The second-order valence-electron chi connectivity index (χ2n) is 7.28. The van der Waals surface area contributed by atoms with Crippen molar-refractivity contribution in [1.82, 2.24) is 4.90 Å². The van der Waals surface area contributed by atoms with E-state index in [1.165, 1.54) is 30.5 Å². The van der Waals surface area contributed by atoms with Gasteiger partial charge < -0.3 is 20.8 Å². The van der Waals surface area contributed by atoms with Gasteiger partial charge in [0.15, 0.2) is 5.82 Å². The van der Waals surface area contributed by atoms with E-state index in [-0.39, 0.29) is 17.4 Å². The minimum atomic E-state index is -0.344. The number of benzene rings is 1. The minimum Gasteiger partial charge on any atom is -0.495 e. The molecular weight excluding hydrogens is 370 g/mol. The van der Waals surface area contributed by atoms with Crippen molar-refractivity contribution < 1.29 is 14.3 Å². The normalized spacial score (nSPS) is 16.4. The lowest BCUT2D eigenvalue weighted by molar-refractivity contribution is -0.115. The zero-order valence-electron chi connectivity index (χ0n) is 16.8. The standard InChI is InChI=1S/C21H25N5O3/c1-13(2)5-8-25-12-14-9-17(18(29-3)10-15(14)20(25)27)26-19(24-7-4-6-22)16(11-23)21(26)28/h4,6-7,9-11,13,23H,5,8,12,22H2,1-3H3/b6-4-,23-11?,24-7-. The van der Waals surface area contributed by atoms with E-state index in [0.717, 1.165) is 18.2 Å². The Morgan fingerprint density at radius 2 is 2.07 bits per heavy atom. The number of nitrogens with zero attached hydrogens (tertiary/aromatic N) is 3. The van der Waals surface area contributed by atoms with E-state index in [4.69, 9.17) is 15.9 Å². The molecule has 0 fully saturated rings. The van der Waals surface area contributed by atoms with Crippen LogP contribution in [0.25, 0.3) is 0 Å². The Morgan fingerprint density at radius 1 is 1.31 bits per heavy atom. The summed E-state index contributed by atoms with van der Waals surface area (Å²) < 4.78 is 5.47. The van der Waals surface area contributed by atoms with E-state index in [1.54, 1.807) is 12.1 Å². The monoisotopic (exact) mass is 395 g/mol. The Labute approximate surface area is 169 Å². The van der Waals surface area contributed by atoms with Crippen LogP contribution >= 0.6 is 0 Å². The Bertz CT molecular complexity index is 946. The summed E-state index contributed by atoms with van der Waals surface area (Å²) in [4.78, 5) is 32.8. The SMILES string of the molecule is COc1cc2c(cc1N1C(=O)C(C=N)=C1/N=C\C=C/N)CN(CCC(C)C)C2=O. The number of allylic oxidation sites excluding steroid dienone is 1. The number of ether oxygens (including phenoxy) is 1. The summed E-state index contributed by atoms with van der Waals surface area (Å²) in [7, 11) is 1.49. The van der Waals surface area contributed by atoms with Crippen molar-refractivity contribution in [2.45, 2.75) is 26.8 Å². The van der Waals surface area contributed by atoms with Crippen LogP contribution in [0.4, 0.5) is 5.69 Å². The number of nitrogens with two attached hydrogens (primary N) is 1. The smallest absolute Gasteiger partial charge is 0.269 e. The molecule has 0 aliphatic carbocycles. The van der Waals surface area contributed by atoms with Crippen molar-refractivity contribution in [1.29, 1.82) is 5.41 Å². The molecular formula is C21H25N5O3. The second kappa shape index (κ2) is 8.30. The van der Waals surface area contributed by atoms with Gasteiger partial charge in [0, 0.05) is 31.1 Å². The number of amides is 2. The quantitative estimate of drug-likeness (QED) is 0.658. The summed E-state index contributed by atoms with van der Waals surface area (Å²) in [5.74, 6) is 0.873. The molecule has 0 unspecified atom stereocenters. The fraction of sp³-hybridized carbons (Fsp3) is 0.333. The summed E-state index contributed by atoms with van der Waals surface area (Å²) in [5, 5.41) is 7.48. The Kier molecular flexibility index (Phi) is 5.81. The molecule has 2 aliphatic rings. The topological polar surface area (TPSA) is 112 Å². The maximum absolute atomic E-state index is 12.8. The van der Waals surface area contributed by atoms with E-state index < -0.39 is 0 Å². The Hall–Kier alpha value is -3.42. The third-order valence-electron chi connectivity index (χ3n) is 4.93. The van der Waals surface area contributed by atoms with Gasteiger partial charge in [-0.1, -0.05) is 13.8 Å². The first-order valence-corrected chi connectivity index (χ1v) is 9.43. The number of methoxy groups -OCH3 is 1. The number of nitrogens with one attached hydrogen (secondary N) is 1. The van der Waals surface area contributed by atoms with E-state index in [1.807, 2.05) is 4.90 Å². The third-order valence-corrected chi connectivity index (χ3v) is 4.93. The number of rotatable bonds is 8.